The number of hydrogen-bond acceptors (Lipinski definition) is 3. The Balaban J connectivity index is 3.05. The molecule has 0 N–H and O–H groups in total. The summed E-state index contributed by atoms with van der Waals surface area (Å²) in [6.45, 7) is 3.59. The highest BCUT2D eigenvalue weighted by atomic mass is 14.9. The van der Waals surface area contributed by atoms with Crippen molar-refractivity contribution in [2.45, 2.75) is 19.3 Å². The van der Waals surface area contributed by atoms with Gasteiger partial charge in [-0.25, -0.2) is 9.97 Å². The average molecular weight is 147 g/mol. The van der Waals surface area contributed by atoms with E-state index in [1.807, 2.05) is 0 Å². The second-order valence-corrected chi connectivity index (χ2v) is 2.81. The minimum atomic E-state index is -0.582. The van der Waals surface area contributed by atoms with E-state index >= 15 is 0 Å². The molecule has 0 radical (unpaired) electrons. The Morgan fingerprint density at radius 2 is 1.91 bits per heavy atom. The van der Waals surface area contributed by atoms with Crippen LogP contribution in [0.3, 0.4) is 0 Å². The highest BCUT2D eigenvalue weighted by Gasteiger charge is 2.22. The van der Waals surface area contributed by atoms with E-state index in [2.05, 4.69) is 16.0 Å². The molecule has 0 aliphatic heterocycles. The van der Waals surface area contributed by atoms with Gasteiger partial charge in [0.1, 0.15) is 11.2 Å². The van der Waals surface area contributed by atoms with Gasteiger partial charge in [-0.15, -0.1) is 0 Å². The van der Waals surface area contributed by atoms with Crippen molar-refractivity contribution in [3.8, 4) is 6.07 Å². The van der Waals surface area contributed by atoms with Crippen LogP contribution in [0.4, 0.5) is 0 Å². The lowest BCUT2D eigenvalue weighted by Gasteiger charge is -2.11. The van der Waals surface area contributed by atoms with E-state index in [9.17, 15) is 0 Å². The summed E-state index contributed by atoms with van der Waals surface area (Å²) in [6.07, 6.45) is 3.28. The van der Waals surface area contributed by atoms with Crippen LogP contribution in [0.15, 0.2) is 18.5 Å². The minimum absolute atomic E-state index is 0.572. The molecule has 11 heavy (non-hydrogen) atoms. The Labute approximate surface area is 65.7 Å². The first kappa shape index (κ1) is 7.67. The maximum absolute atomic E-state index is 8.72. The fourth-order valence-corrected chi connectivity index (χ4v) is 0.672. The van der Waals surface area contributed by atoms with E-state index < -0.39 is 5.41 Å². The standard InChI is InChI=1S/C8H9N3/c1-8(2,6-9)7-10-4-3-5-11-7/h3-5H,1-2H3. The van der Waals surface area contributed by atoms with Gasteiger partial charge in [0.25, 0.3) is 0 Å². The van der Waals surface area contributed by atoms with Crippen molar-refractivity contribution in [3.63, 3.8) is 0 Å². The molecular weight excluding hydrogens is 138 g/mol. The largest absolute Gasteiger partial charge is 0.240 e. The summed E-state index contributed by atoms with van der Waals surface area (Å²) in [5, 5.41) is 8.72. The van der Waals surface area contributed by atoms with E-state index in [0.717, 1.165) is 0 Å². The van der Waals surface area contributed by atoms with Gasteiger partial charge in [0.05, 0.1) is 6.07 Å². The summed E-state index contributed by atoms with van der Waals surface area (Å²) >= 11 is 0. The van der Waals surface area contributed by atoms with E-state index in [4.69, 9.17) is 5.26 Å². The monoisotopic (exact) mass is 147 g/mol. The summed E-state index contributed by atoms with van der Waals surface area (Å²) in [7, 11) is 0. The molecule has 0 saturated carbocycles. The molecule has 3 nitrogen and oxygen atoms in total. The van der Waals surface area contributed by atoms with Gasteiger partial charge in [-0.3, -0.25) is 0 Å². The molecule has 0 aliphatic rings. The zero-order chi connectivity index (χ0) is 8.32. The van der Waals surface area contributed by atoms with Crippen LogP contribution in [0, 0.1) is 11.3 Å². The van der Waals surface area contributed by atoms with Gasteiger partial charge in [0.15, 0.2) is 0 Å². The van der Waals surface area contributed by atoms with Crippen molar-refractivity contribution in [1.82, 2.24) is 9.97 Å². The van der Waals surface area contributed by atoms with E-state index in [-0.39, 0.29) is 0 Å². The second kappa shape index (κ2) is 2.67. The number of aromatic nitrogens is 2. The third-order valence-electron chi connectivity index (χ3n) is 1.40. The molecule has 56 valence electrons. The normalized spacial score (nSPS) is 10.6. The van der Waals surface area contributed by atoms with Crippen molar-refractivity contribution in [3.05, 3.63) is 24.3 Å². The molecule has 1 aromatic rings. The fraction of sp³-hybridized carbons (Fsp3) is 0.375. The first-order valence-corrected chi connectivity index (χ1v) is 3.35. The molecule has 0 aromatic carbocycles. The van der Waals surface area contributed by atoms with E-state index in [1.165, 1.54) is 0 Å². The molecule has 1 heterocycles. The van der Waals surface area contributed by atoms with Crippen molar-refractivity contribution in [2.24, 2.45) is 0 Å². The second-order valence-electron chi connectivity index (χ2n) is 2.81. The van der Waals surface area contributed by atoms with Crippen LogP contribution in [-0.4, -0.2) is 9.97 Å². The summed E-state index contributed by atoms with van der Waals surface area (Å²) in [4.78, 5) is 7.98. The van der Waals surface area contributed by atoms with Crippen LogP contribution in [0.2, 0.25) is 0 Å². The Morgan fingerprint density at radius 1 is 1.36 bits per heavy atom. The molecule has 1 aromatic heterocycles. The number of nitriles is 1. The Kier molecular flexibility index (Phi) is 1.86. The topological polar surface area (TPSA) is 49.6 Å². The predicted octanol–water partition coefficient (Wildman–Crippen LogP) is 1.28. The maximum atomic E-state index is 8.72. The van der Waals surface area contributed by atoms with Gasteiger partial charge in [0, 0.05) is 12.4 Å². The zero-order valence-electron chi connectivity index (χ0n) is 6.57. The van der Waals surface area contributed by atoms with Gasteiger partial charge in [-0.1, -0.05) is 0 Å². The lowest BCUT2D eigenvalue weighted by atomic mass is 9.95. The van der Waals surface area contributed by atoms with Crippen molar-refractivity contribution in [2.75, 3.05) is 0 Å². The van der Waals surface area contributed by atoms with Crippen LogP contribution >= 0.6 is 0 Å². The molecular formula is C8H9N3. The highest BCUT2D eigenvalue weighted by molar-refractivity contribution is 5.15. The molecule has 0 unspecified atom stereocenters. The molecule has 1 rings (SSSR count). The van der Waals surface area contributed by atoms with Gasteiger partial charge in [0.2, 0.25) is 0 Å². The molecule has 0 atom stereocenters. The van der Waals surface area contributed by atoms with Crippen LogP contribution in [-0.2, 0) is 5.41 Å². The van der Waals surface area contributed by atoms with Crippen LogP contribution in [0.1, 0.15) is 19.7 Å². The minimum Gasteiger partial charge on any atom is -0.240 e. The van der Waals surface area contributed by atoms with E-state index in [0.29, 0.717) is 5.82 Å². The molecule has 3 heteroatoms. The number of hydrogen-bond donors (Lipinski definition) is 0. The Hall–Kier alpha value is -1.43. The van der Waals surface area contributed by atoms with Crippen LogP contribution < -0.4 is 0 Å². The molecule has 0 aliphatic carbocycles. The van der Waals surface area contributed by atoms with Crippen molar-refractivity contribution in [1.29, 1.82) is 5.26 Å². The first-order valence-electron chi connectivity index (χ1n) is 3.35. The maximum Gasteiger partial charge on any atom is 0.147 e. The van der Waals surface area contributed by atoms with Gasteiger partial charge < -0.3 is 0 Å². The molecule has 0 amide bonds. The summed E-state index contributed by atoms with van der Waals surface area (Å²) in [5.41, 5.74) is -0.582. The van der Waals surface area contributed by atoms with E-state index in [1.54, 1.807) is 32.3 Å². The highest BCUT2D eigenvalue weighted by Crippen LogP contribution is 2.15. The summed E-state index contributed by atoms with van der Waals surface area (Å²) < 4.78 is 0. The first-order chi connectivity index (χ1) is 5.17. The molecule has 0 spiro atoms. The van der Waals surface area contributed by atoms with Gasteiger partial charge >= 0.3 is 0 Å². The number of nitrogens with zero attached hydrogens (tertiary/aromatic N) is 3. The smallest absolute Gasteiger partial charge is 0.147 e. The lowest BCUT2D eigenvalue weighted by Crippen LogP contribution is -2.17. The Morgan fingerprint density at radius 3 is 2.36 bits per heavy atom. The molecule has 0 saturated heterocycles. The zero-order valence-corrected chi connectivity index (χ0v) is 6.57. The third-order valence-corrected chi connectivity index (χ3v) is 1.40. The molecule has 0 bridgehead atoms. The average Bonchev–Trinajstić information content (AvgIpc) is 2.06. The van der Waals surface area contributed by atoms with Crippen LogP contribution in [0.25, 0.3) is 0 Å². The third kappa shape index (κ3) is 1.53. The SMILES string of the molecule is CC(C)(C#N)c1ncccn1. The summed E-state index contributed by atoms with van der Waals surface area (Å²) in [5.74, 6) is 0.572. The number of rotatable bonds is 1. The van der Waals surface area contributed by atoms with Crippen molar-refractivity contribution >= 4 is 0 Å². The summed E-state index contributed by atoms with van der Waals surface area (Å²) in [6, 6.07) is 3.87. The van der Waals surface area contributed by atoms with Gasteiger partial charge in [-0.05, 0) is 19.9 Å². The predicted molar refractivity (Wildman–Crippen MR) is 40.7 cm³/mol. The Bertz CT molecular complexity index is 271. The molecule has 0 fully saturated rings. The van der Waals surface area contributed by atoms with Crippen LogP contribution in [0.5, 0.6) is 0 Å². The van der Waals surface area contributed by atoms with Crippen molar-refractivity contribution < 1.29 is 0 Å². The van der Waals surface area contributed by atoms with Gasteiger partial charge in [-0.2, -0.15) is 5.26 Å². The fourth-order valence-electron chi connectivity index (χ4n) is 0.672. The lowest BCUT2D eigenvalue weighted by molar-refractivity contribution is 0.628. The quantitative estimate of drug-likeness (QED) is 0.601.